The van der Waals surface area contributed by atoms with Gasteiger partial charge in [0.05, 0.1) is 5.69 Å². The molecule has 3 heterocycles. The lowest BCUT2D eigenvalue weighted by atomic mass is 10.1. The van der Waals surface area contributed by atoms with Crippen molar-refractivity contribution in [3.63, 3.8) is 0 Å². The normalized spacial score (nSPS) is 13.7. The third kappa shape index (κ3) is 1.78. The number of hydrogen-bond acceptors (Lipinski definition) is 4. The maximum absolute atomic E-state index is 4.66. The molecule has 0 atom stereocenters. The number of hydrogen-bond donors (Lipinski definition) is 1. The summed E-state index contributed by atoms with van der Waals surface area (Å²) in [6.07, 6.45) is 2.75. The first-order chi connectivity index (χ1) is 8.79. The highest BCUT2D eigenvalue weighted by Gasteiger charge is 2.18. The van der Waals surface area contributed by atoms with Gasteiger partial charge in [-0.3, -0.25) is 4.98 Å². The van der Waals surface area contributed by atoms with Gasteiger partial charge >= 0.3 is 0 Å². The number of aryl methyl sites for hydroxylation is 2. The molecule has 0 fully saturated rings. The Morgan fingerprint density at radius 1 is 1.28 bits per heavy atom. The molecule has 0 unspecified atom stereocenters. The molecule has 3 rings (SSSR count). The highest BCUT2D eigenvalue weighted by atomic mass is 15.0. The molecule has 4 nitrogen and oxygen atoms in total. The van der Waals surface area contributed by atoms with E-state index in [2.05, 4.69) is 33.3 Å². The number of rotatable bonds is 2. The van der Waals surface area contributed by atoms with Gasteiger partial charge in [-0.15, -0.1) is 0 Å². The van der Waals surface area contributed by atoms with E-state index in [1.54, 1.807) is 6.20 Å². The topological polar surface area (TPSA) is 50.7 Å². The molecule has 0 aromatic carbocycles. The first-order valence-corrected chi connectivity index (χ1v) is 6.31. The molecule has 1 aliphatic heterocycles. The fourth-order valence-electron chi connectivity index (χ4n) is 2.37. The molecule has 18 heavy (non-hydrogen) atoms. The summed E-state index contributed by atoms with van der Waals surface area (Å²) < 4.78 is 0. The molecule has 1 N–H and O–H groups in total. The Morgan fingerprint density at radius 2 is 2.17 bits per heavy atom. The summed E-state index contributed by atoms with van der Waals surface area (Å²) in [5.41, 5.74) is 5.53. The molecule has 0 saturated heterocycles. The molecule has 0 spiro atoms. The van der Waals surface area contributed by atoms with Gasteiger partial charge in [0.25, 0.3) is 0 Å². The Hall–Kier alpha value is -1.81. The molecule has 0 radical (unpaired) electrons. The first kappa shape index (κ1) is 11.3. The monoisotopic (exact) mass is 240 g/mol. The zero-order chi connectivity index (χ0) is 12.5. The maximum atomic E-state index is 4.66. The van der Waals surface area contributed by atoms with E-state index in [4.69, 9.17) is 0 Å². The van der Waals surface area contributed by atoms with Crippen molar-refractivity contribution >= 4 is 0 Å². The summed E-state index contributed by atoms with van der Waals surface area (Å²) in [4.78, 5) is 13.7. The molecular weight excluding hydrogens is 224 g/mol. The standard InChI is InChI=1S/C14H16N4/c1-3-10-5-4-6-16-13(10)14-17-9(2)11-7-15-8-12(11)18-14/h4-6,15H,3,7-8H2,1-2H3. The van der Waals surface area contributed by atoms with Gasteiger partial charge in [0.1, 0.15) is 5.69 Å². The van der Waals surface area contributed by atoms with Gasteiger partial charge < -0.3 is 5.32 Å². The van der Waals surface area contributed by atoms with Gasteiger partial charge in [0.2, 0.25) is 0 Å². The van der Waals surface area contributed by atoms with E-state index < -0.39 is 0 Å². The van der Waals surface area contributed by atoms with E-state index in [-0.39, 0.29) is 0 Å². The van der Waals surface area contributed by atoms with Crippen LogP contribution in [0.4, 0.5) is 0 Å². The third-order valence-corrected chi connectivity index (χ3v) is 3.38. The van der Waals surface area contributed by atoms with Crippen LogP contribution < -0.4 is 5.32 Å². The molecule has 0 bridgehead atoms. The van der Waals surface area contributed by atoms with Crippen molar-refractivity contribution in [1.82, 2.24) is 20.3 Å². The minimum Gasteiger partial charge on any atom is -0.307 e. The van der Waals surface area contributed by atoms with Crippen LogP contribution in [0.1, 0.15) is 29.4 Å². The third-order valence-electron chi connectivity index (χ3n) is 3.38. The summed E-state index contributed by atoms with van der Waals surface area (Å²) in [6, 6.07) is 4.05. The van der Waals surface area contributed by atoms with E-state index >= 15 is 0 Å². The average Bonchev–Trinajstić information content (AvgIpc) is 2.87. The SMILES string of the molecule is CCc1cccnc1-c1nc(C)c2c(n1)CNC2. The summed E-state index contributed by atoms with van der Waals surface area (Å²) in [6.45, 7) is 5.89. The minimum atomic E-state index is 0.757. The van der Waals surface area contributed by atoms with Crippen LogP contribution in [0, 0.1) is 6.92 Å². The maximum Gasteiger partial charge on any atom is 0.178 e. The lowest BCUT2D eigenvalue weighted by Gasteiger charge is -2.08. The van der Waals surface area contributed by atoms with E-state index in [9.17, 15) is 0 Å². The Labute approximate surface area is 107 Å². The average molecular weight is 240 g/mol. The lowest BCUT2D eigenvalue weighted by Crippen LogP contribution is -2.02. The van der Waals surface area contributed by atoms with Gasteiger partial charge in [-0.05, 0) is 25.0 Å². The second kappa shape index (κ2) is 4.46. The zero-order valence-corrected chi connectivity index (χ0v) is 10.7. The van der Waals surface area contributed by atoms with Gasteiger partial charge in [0, 0.05) is 30.5 Å². The molecular formula is C14H16N4. The van der Waals surface area contributed by atoms with Gasteiger partial charge in [-0.25, -0.2) is 9.97 Å². The van der Waals surface area contributed by atoms with Gasteiger partial charge in [-0.2, -0.15) is 0 Å². The van der Waals surface area contributed by atoms with Crippen LogP contribution in [0.5, 0.6) is 0 Å². The second-order valence-corrected chi connectivity index (χ2v) is 4.53. The predicted octanol–water partition coefficient (Wildman–Crippen LogP) is 2.01. The van der Waals surface area contributed by atoms with Crippen molar-refractivity contribution < 1.29 is 0 Å². The van der Waals surface area contributed by atoms with Crippen LogP contribution >= 0.6 is 0 Å². The Bertz CT molecular complexity index is 592. The molecule has 4 heteroatoms. The van der Waals surface area contributed by atoms with Gasteiger partial charge in [-0.1, -0.05) is 13.0 Å². The van der Waals surface area contributed by atoms with Crippen LogP contribution in [0.2, 0.25) is 0 Å². The number of nitrogens with zero attached hydrogens (tertiary/aromatic N) is 3. The van der Waals surface area contributed by atoms with Crippen molar-refractivity contribution in [3.8, 4) is 11.5 Å². The van der Waals surface area contributed by atoms with Crippen LogP contribution in [0.15, 0.2) is 18.3 Å². The summed E-state index contributed by atoms with van der Waals surface area (Å²) >= 11 is 0. The first-order valence-electron chi connectivity index (χ1n) is 6.31. The number of pyridine rings is 1. The van der Waals surface area contributed by atoms with Crippen molar-refractivity contribution in [1.29, 1.82) is 0 Å². The Kier molecular flexibility index (Phi) is 2.80. The molecule has 0 amide bonds. The largest absolute Gasteiger partial charge is 0.307 e. The highest BCUT2D eigenvalue weighted by Crippen LogP contribution is 2.23. The molecule has 0 aliphatic carbocycles. The number of nitrogens with one attached hydrogen (secondary N) is 1. The van der Waals surface area contributed by atoms with E-state index in [0.29, 0.717) is 0 Å². The number of aromatic nitrogens is 3. The van der Waals surface area contributed by atoms with Crippen molar-refractivity contribution in [2.45, 2.75) is 33.4 Å². The quantitative estimate of drug-likeness (QED) is 0.872. The van der Waals surface area contributed by atoms with E-state index in [1.807, 2.05) is 13.0 Å². The minimum absolute atomic E-state index is 0.757. The smallest absolute Gasteiger partial charge is 0.178 e. The molecule has 92 valence electrons. The lowest BCUT2D eigenvalue weighted by molar-refractivity contribution is 0.757. The molecule has 0 saturated carbocycles. The van der Waals surface area contributed by atoms with E-state index in [0.717, 1.165) is 42.4 Å². The zero-order valence-electron chi connectivity index (χ0n) is 10.7. The fraction of sp³-hybridized carbons (Fsp3) is 0.357. The van der Waals surface area contributed by atoms with E-state index in [1.165, 1.54) is 11.1 Å². The second-order valence-electron chi connectivity index (χ2n) is 4.53. The van der Waals surface area contributed by atoms with Crippen LogP contribution in [0.25, 0.3) is 11.5 Å². The molecule has 2 aromatic heterocycles. The summed E-state index contributed by atoms with van der Waals surface area (Å²) in [5, 5.41) is 3.31. The van der Waals surface area contributed by atoms with Gasteiger partial charge in [0.15, 0.2) is 5.82 Å². The summed E-state index contributed by atoms with van der Waals surface area (Å²) in [5.74, 6) is 0.757. The van der Waals surface area contributed by atoms with Crippen LogP contribution in [-0.2, 0) is 19.5 Å². The molecule has 2 aromatic rings. The van der Waals surface area contributed by atoms with Crippen molar-refractivity contribution in [2.24, 2.45) is 0 Å². The Balaban J connectivity index is 2.15. The van der Waals surface area contributed by atoms with Crippen molar-refractivity contribution in [2.75, 3.05) is 0 Å². The fourth-order valence-corrected chi connectivity index (χ4v) is 2.37. The predicted molar refractivity (Wildman–Crippen MR) is 69.9 cm³/mol. The molecule has 1 aliphatic rings. The number of fused-ring (bicyclic) bond motifs is 1. The van der Waals surface area contributed by atoms with Crippen molar-refractivity contribution in [3.05, 3.63) is 40.8 Å². The highest BCUT2D eigenvalue weighted by molar-refractivity contribution is 5.55. The summed E-state index contributed by atoms with van der Waals surface area (Å²) in [7, 11) is 0. The van der Waals surface area contributed by atoms with Crippen LogP contribution in [0.3, 0.4) is 0 Å². The Morgan fingerprint density at radius 3 is 3.00 bits per heavy atom. The van der Waals surface area contributed by atoms with Crippen LogP contribution in [-0.4, -0.2) is 15.0 Å².